The molecule has 1 aliphatic carbocycles. The van der Waals surface area contributed by atoms with Crippen molar-refractivity contribution >= 4 is 6.29 Å². The quantitative estimate of drug-likeness (QED) is 0.636. The maximum absolute atomic E-state index is 10.9. The van der Waals surface area contributed by atoms with E-state index in [9.17, 15) is 4.79 Å². The van der Waals surface area contributed by atoms with Crippen LogP contribution in [-0.4, -0.2) is 10.9 Å². The van der Waals surface area contributed by atoms with E-state index >= 15 is 0 Å². The number of carbonyl (C=O) groups excluding carboxylic acids is 1. The maximum atomic E-state index is 10.9. The van der Waals surface area contributed by atoms with Crippen molar-refractivity contribution in [1.82, 2.24) is 4.57 Å². The molecule has 0 spiro atoms. The number of rotatable bonds is 2. The first-order chi connectivity index (χ1) is 6.24. The first kappa shape index (κ1) is 8.54. The Bertz CT molecular complexity index is 334. The summed E-state index contributed by atoms with van der Waals surface area (Å²) in [6.07, 6.45) is 4.81. The van der Waals surface area contributed by atoms with Crippen molar-refractivity contribution in [3.8, 4) is 0 Å². The van der Waals surface area contributed by atoms with Crippen LogP contribution in [0.3, 0.4) is 0 Å². The molecule has 0 amide bonds. The van der Waals surface area contributed by atoms with E-state index in [1.54, 1.807) is 0 Å². The summed E-state index contributed by atoms with van der Waals surface area (Å²) in [5.41, 5.74) is 3.33. The molecule has 0 N–H and O–H groups in total. The summed E-state index contributed by atoms with van der Waals surface area (Å²) in [6.45, 7) is 2.05. The monoisotopic (exact) mass is 177 g/mol. The van der Waals surface area contributed by atoms with E-state index in [0.29, 0.717) is 5.92 Å². The molecule has 70 valence electrons. The smallest absolute Gasteiger partial charge is 0.166 e. The summed E-state index contributed by atoms with van der Waals surface area (Å²) in [5.74, 6) is 0.653. The Labute approximate surface area is 78.6 Å². The second kappa shape index (κ2) is 3.02. The number of aromatic nitrogens is 1. The van der Waals surface area contributed by atoms with Gasteiger partial charge in [0.1, 0.15) is 0 Å². The molecule has 0 aromatic carbocycles. The van der Waals surface area contributed by atoms with E-state index in [0.717, 1.165) is 12.0 Å². The highest BCUT2D eigenvalue weighted by Gasteiger charge is 2.24. The lowest BCUT2D eigenvalue weighted by Crippen LogP contribution is -2.10. The fraction of sp³-hybridized carbons (Fsp3) is 0.545. The van der Waals surface area contributed by atoms with E-state index in [-0.39, 0.29) is 0 Å². The van der Waals surface area contributed by atoms with E-state index < -0.39 is 0 Å². The SMILES string of the molecule is Cc1cc(C2CCC2)c(C=O)n1C. The Balaban J connectivity index is 2.43. The highest BCUT2D eigenvalue weighted by atomic mass is 16.1. The van der Waals surface area contributed by atoms with Gasteiger partial charge in [0.15, 0.2) is 6.29 Å². The van der Waals surface area contributed by atoms with Crippen LogP contribution < -0.4 is 0 Å². The number of aryl methyl sites for hydroxylation is 1. The zero-order valence-electron chi connectivity index (χ0n) is 8.21. The Morgan fingerprint density at radius 2 is 2.23 bits per heavy atom. The molecule has 1 aromatic rings. The van der Waals surface area contributed by atoms with Crippen molar-refractivity contribution in [2.24, 2.45) is 7.05 Å². The third-order valence-electron chi connectivity index (χ3n) is 3.21. The van der Waals surface area contributed by atoms with E-state index in [2.05, 4.69) is 13.0 Å². The second-order valence-electron chi connectivity index (χ2n) is 3.93. The summed E-state index contributed by atoms with van der Waals surface area (Å²) >= 11 is 0. The van der Waals surface area contributed by atoms with Crippen LogP contribution in [0.25, 0.3) is 0 Å². The first-order valence-electron chi connectivity index (χ1n) is 4.85. The molecular weight excluding hydrogens is 162 g/mol. The van der Waals surface area contributed by atoms with Crippen LogP contribution in [-0.2, 0) is 7.05 Å². The van der Waals surface area contributed by atoms with Crippen LogP contribution >= 0.6 is 0 Å². The lowest BCUT2D eigenvalue weighted by atomic mass is 9.80. The van der Waals surface area contributed by atoms with Crippen LogP contribution in [0.5, 0.6) is 0 Å². The molecule has 2 heteroatoms. The minimum Gasteiger partial charge on any atom is -0.346 e. The Morgan fingerprint density at radius 1 is 1.54 bits per heavy atom. The fourth-order valence-electron chi connectivity index (χ4n) is 1.97. The molecule has 0 radical (unpaired) electrons. The van der Waals surface area contributed by atoms with Gasteiger partial charge in [-0.2, -0.15) is 0 Å². The molecule has 1 saturated carbocycles. The predicted octanol–water partition coefficient (Wildman–Crippen LogP) is 2.41. The third-order valence-corrected chi connectivity index (χ3v) is 3.21. The summed E-state index contributed by atoms with van der Waals surface area (Å²) in [7, 11) is 1.96. The molecule has 2 nitrogen and oxygen atoms in total. The van der Waals surface area contributed by atoms with Crippen molar-refractivity contribution in [2.45, 2.75) is 32.1 Å². The predicted molar refractivity (Wildman–Crippen MR) is 52.1 cm³/mol. The molecule has 0 aliphatic heterocycles. The number of aldehydes is 1. The summed E-state index contributed by atoms with van der Waals surface area (Å²) in [6, 6.07) is 2.16. The van der Waals surface area contributed by atoms with Crippen LogP contribution in [0.15, 0.2) is 6.07 Å². The van der Waals surface area contributed by atoms with Gasteiger partial charge in [0, 0.05) is 12.7 Å². The fourth-order valence-corrected chi connectivity index (χ4v) is 1.97. The van der Waals surface area contributed by atoms with Gasteiger partial charge in [-0.3, -0.25) is 4.79 Å². The van der Waals surface area contributed by atoms with Crippen LogP contribution in [0.4, 0.5) is 0 Å². The van der Waals surface area contributed by atoms with Crippen LogP contribution in [0, 0.1) is 6.92 Å². The van der Waals surface area contributed by atoms with Crippen molar-refractivity contribution < 1.29 is 4.79 Å². The van der Waals surface area contributed by atoms with E-state index in [1.165, 1.54) is 30.5 Å². The average molecular weight is 177 g/mol. The molecule has 1 heterocycles. The zero-order valence-corrected chi connectivity index (χ0v) is 8.21. The van der Waals surface area contributed by atoms with E-state index in [4.69, 9.17) is 0 Å². The van der Waals surface area contributed by atoms with Gasteiger partial charge in [-0.15, -0.1) is 0 Å². The number of hydrogen-bond acceptors (Lipinski definition) is 1. The van der Waals surface area contributed by atoms with Crippen molar-refractivity contribution in [3.63, 3.8) is 0 Å². The summed E-state index contributed by atoms with van der Waals surface area (Å²) in [5, 5.41) is 0. The first-order valence-corrected chi connectivity index (χ1v) is 4.85. The molecule has 2 rings (SSSR count). The van der Waals surface area contributed by atoms with Gasteiger partial charge in [0.05, 0.1) is 5.69 Å². The van der Waals surface area contributed by atoms with Gasteiger partial charge >= 0.3 is 0 Å². The Morgan fingerprint density at radius 3 is 2.69 bits per heavy atom. The molecule has 0 atom stereocenters. The lowest BCUT2D eigenvalue weighted by Gasteiger charge is -2.25. The molecule has 0 bridgehead atoms. The van der Waals surface area contributed by atoms with Crippen molar-refractivity contribution in [2.75, 3.05) is 0 Å². The van der Waals surface area contributed by atoms with Gasteiger partial charge < -0.3 is 4.57 Å². The standard InChI is InChI=1S/C11H15NO/c1-8-6-10(9-4-3-5-9)11(7-13)12(8)2/h6-7,9H,3-5H2,1-2H3. The molecule has 0 unspecified atom stereocenters. The minimum absolute atomic E-state index is 0.653. The van der Waals surface area contributed by atoms with Gasteiger partial charge in [-0.1, -0.05) is 6.42 Å². The Hall–Kier alpha value is -1.05. The lowest BCUT2D eigenvalue weighted by molar-refractivity contribution is 0.111. The normalized spacial score (nSPS) is 17.1. The number of hydrogen-bond donors (Lipinski definition) is 0. The summed E-state index contributed by atoms with van der Waals surface area (Å²) in [4.78, 5) is 10.9. The highest BCUT2D eigenvalue weighted by molar-refractivity contribution is 5.76. The minimum atomic E-state index is 0.653. The highest BCUT2D eigenvalue weighted by Crippen LogP contribution is 2.38. The van der Waals surface area contributed by atoms with Gasteiger partial charge in [0.25, 0.3) is 0 Å². The average Bonchev–Trinajstić information content (AvgIpc) is 2.25. The molecule has 1 aromatic heterocycles. The Kier molecular flexibility index (Phi) is 1.98. The molecule has 1 aliphatic rings. The van der Waals surface area contributed by atoms with Gasteiger partial charge in [-0.05, 0) is 37.3 Å². The zero-order chi connectivity index (χ0) is 9.42. The van der Waals surface area contributed by atoms with Gasteiger partial charge in [0.2, 0.25) is 0 Å². The van der Waals surface area contributed by atoms with Gasteiger partial charge in [-0.25, -0.2) is 0 Å². The van der Waals surface area contributed by atoms with Crippen molar-refractivity contribution in [3.05, 3.63) is 23.0 Å². The molecule has 1 fully saturated rings. The largest absolute Gasteiger partial charge is 0.346 e. The molecular formula is C11H15NO. The second-order valence-corrected chi connectivity index (χ2v) is 3.93. The topological polar surface area (TPSA) is 22.0 Å². The van der Waals surface area contributed by atoms with E-state index in [1.807, 2.05) is 11.6 Å². The third kappa shape index (κ3) is 1.21. The number of carbonyl (C=O) groups is 1. The number of nitrogens with zero attached hydrogens (tertiary/aromatic N) is 1. The van der Waals surface area contributed by atoms with Crippen LogP contribution in [0.1, 0.15) is 46.9 Å². The maximum Gasteiger partial charge on any atom is 0.166 e. The van der Waals surface area contributed by atoms with Crippen molar-refractivity contribution in [1.29, 1.82) is 0 Å². The molecule has 0 saturated heterocycles. The van der Waals surface area contributed by atoms with Crippen LogP contribution in [0.2, 0.25) is 0 Å². The molecule has 13 heavy (non-hydrogen) atoms. The summed E-state index contributed by atoms with van der Waals surface area (Å²) < 4.78 is 1.99.